The highest BCUT2D eigenvalue weighted by molar-refractivity contribution is 5.84. The normalized spacial score (nSPS) is 23.2. The lowest BCUT2D eigenvalue weighted by Gasteiger charge is -2.47. The number of alkyl halides is 3. The molecular formula is C24H27F4N7O. The van der Waals surface area contributed by atoms with Crippen LogP contribution in [-0.4, -0.2) is 49.2 Å². The van der Waals surface area contributed by atoms with E-state index in [1.54, 1.807) is 36.6 Å². The summed E-state index contributed by atoms with van der Waals surface area (Å²) >= 11 is 0. The Morgan fingerprint density at radius 1 is 1.19 bits per heavy atom. The van der Waals surface area contributed by atoms with Gasteiger partial charge in [0.2, 0.25) is 0 Å². The van der Waals surface area contributed by atoms with E-state index in [-0.39, 0.29) is 40.4 Å². The number of imidazole rings is 1. The fraction of sp³-hybridized carbons (Fsp3) is 0.500. The molecule has 8 nitrogen and oxygen atoms in total. The van der Waals surface area contributed by atoms with Crippen LogP contribution in [0.4, 0.5) is 23.4 Å². The van der Waals surface area contributed by atoms with Crippen molar-refractivity contribution in [2.45, 2.75) is 51.5 Å². The first-order chi connectivity index (χ1) is 19.3. The van der Waals surface area contributed by atoms with Crippen molar-refractivity contribution in [2.24, 2.45) is 14.0 Å². The zero-order valence-electron chi connectivity index (χ0n) is 25.6. The molecule has 3 aromatic rings. The van der Waals surface area contributed by atoms with Gasteiger partial charge < -0.3 is 9.47 Å². The van der Waals surface area contributed by atoms with Gasteiger partial charge in [0.25, 0.3) is 0 Å². The van der Waals surface area contributed by atoms with Gasteiger partial charge in [-0.3, -0.25) is 9.47 Å². The quantitative estimate of drug-likeness (QED) is 0.499. The monoisotopic (exact) mass is 511 g/mol. The number of anilines is 1. The first-order valence-corrected chi connectivity index (χ1v) is 11.1. The molecule has 12 heteroatoms. The van der Waals surface area contributed by atoms with Crippen LogP contribution in [0, 0.1) is 17.1 Å². The Morgan fingerprint density at radius 2 is 1.92 bits per heavy atom. The van der Waals surface area contributed by atoms with E-state index < -0.39 is 67.4 Å². The Bertz CT molecular complexity index is 1610. The van der Waals surface area contributed by atoms with Gasteiger partial charge in [-0.25, -0.2) is 14.2 Å². The minimum absolute atomic E-state index is 0.0849. The second-order valence-electron chi connectivity index (χ2n) is 8.88. The van der Waals surface area contributed by atoms with Gasteiger partial charge in [0.15, 0.2) is 5.82 Å². The van der Waals surface area contributed by atoms with Crippen molar-refractivity contribution >= 4 is 17.0 Å². The van der Waals surface area contributed by atoms with Crippen molar-refractivity contribution in [1.29, 1.82) is 5.26 Å². The summed E-state index contributed by atoms with van der Waals surface area (Å²) in [6, 6.07) is 2.52. The molecule has 0 N–H and O–H groups in total. The van der Waals surface area contributed by atoms with E-state index in [9.17, 15) is 27.6 Å². The van der Waals surface area contributed by atoms with E-state index in [1.807, 2.05) is 0 Å². The summed E-state index contributed by atoms with van der Waals surface area (Å²) < 4.78 is 103. The number of benzene rings is 1. The van der Waals surface area contributed by atoms with Gasteiger partial charge >= 0.3 is 11.9 Å². The van der Waals surface area contributed by atoms with Gasteiger partial charge in [0, 0.05) is 53.4 Å². The van der Waals surface area contributed by atoms with Crippen LogP contribution in [-0.2, 0) is 26.5 Å². The maximum Gasteiger partial charge on any atom is 0.416 e. The van der Waals surface area contributed by atoms with Gasteiger partial charge in [0.05, 0.1) is 18.1 Å². The van der Waals surface area contributed by atoms with E-state index in [2.05, 4.69) is 9.97 Å². The maximum absolute atomic E-state index is 13.7. The second-order valence-corrected chi connectivity index (χ2v) is 8.88. The van der Waals surface area contributed by atoms with Gasteiger partial charge in [-0.05, 0) is 38.5 Å². The fourth-order valence-electron chi connectivity index (χ4n) is 4.79. The van der Waals surface area contributed by atoms with Crippen LogP contribution >= 0.6 is 0 Å². The lowest BCUT2D eigenvalue weighted by atomic mass is 9.96. The molecule has 3 atom stereocenters. The standard InChI is InChI=1S/C24H27F4N7O/c1-13-12-35(21-20-22(33(5)23(36)31-21)32(4)19(30-20)8-9-29)14(2)11-34(13)15(3)17-7-6-16(25)10-18(17)24(26,27)28/h6-7,10,13-15H,8,11-12H2,1-5H3/t13-,14+,15?/m1/s1/i4D3,5D3. The van der Waals surface area contributed by atoms with Gasteiger partial charge in [-0.1, -0.05) is 6.07 Å². The second kappa shape index (κ2) is 9.20. The molecule has 2 aromatic heterocycles. The average Bonchev–Trinajstić information content (AvgIpc) is 3.22. The predicted octanol–water partition coefficient (Wildman–Crippen LogP) is 3.55. The van der Waals surface area contributed by atoms with E-state index in [4.69, 9.17) is 8.22 Å². The van der Waals surface area contributed by atoms with Crippen molar-refractivity contribution in [3.05, 3.63) is 51.5 Å². The molecule has 1 fully saturated rings. The predicted molar refractivity (Wildman–Crippen MR) is 126 cm³/mol. The van der Waals surface area contributed by atoms with E-state index in [0.29, 0.717) is 10.6 Å². The summed E-state index contributed by atoms with van der Waals surface area (Å²) in [7, 11) is 0. The van der Waals surface area contributed by atoms with Crippen molar-refractivity contribution in [3.63, 3.8) is 0 Å². The van der Waals surface area contributed by atoms with E-state index in [0.717, 1.165) is 12.1 Å². The Balaban J connectivity index is 1.83. The van der Waals surface area contributed by atoms with Crippen molar-refractivity contribution < 1.29 is 25.8 Å². The van der Waals surface area contributed by atoms with Crippen molar-refractivity contribution in [2.75, 3.05) is 18.0 Å². The molecule has 0 saturated carbocycles. The Kier molecular flexibility index (Phi) is 4.80. The van der Waals surface area contributed by atoms with Crippen molar-refractivity contribution in [1.82, 2.24) is 24.0 Å². The third kappa shape index (κ3) is 4.32. The average molecular weight is 512 g/mol. The highest BCUT2D eigenvalue weighted by Gasteiger charge is 2.39. The molecule has 192 valence electrons. The molecule has 1 aliphatic heterocycles. The van der Waals surface area contributed by atoms with Crippen molar-refractivity contribution in [3.8, 4) is 6.07 Å². The SMILES string of the molecule is [2H]C([2H])([2H])n1c(CC#N)nc2c(N3C[C@@H](C)N(C(C)c4ccc(F)cc4C(F)(F)F)C[C@@H]3C)nc(=O)n(C([2H])([2H])[2H])c21. The third-order valence-electron chi connectivity index (χ3n) is 6.55. The molecule has 0 aliphatic carbocycles. The highest BCUT2D eigenvalue weighted by atomic mass is 19.4. The number of piperazine rings is 1. The summed E-state index contributed by atoms with van der Waals surface area (Å²) in [5.41, 5.74) is -3.23. The first-order valence-electron chi connectivity index (χ1n) is 14.1. The number of nitrogens with zero attached hydrogens (tertiary/aromatic N) is 7. The summed E-state index contributed by atoms with van der Waals surface area (Å²) in [5, 5.41) is 9.28. The Labute approximate surface area is 213 Å². The van der Waals surface area contributed by atoms with Crippen LogP contribution in [0.1, 0.15) is 52.0 Å². The molecule has 0 spiro atoms. The number of nitriles is 1. The van der Waals surface area contributed by atoms with Gasteiger partial charge in [-0.15, -0.1) is 0 Å². The van der Waals surface area contributed by atoms with Crippen LogP contribution < -0.4 is 10.6 Å². The van der Waals surface area contributed by atoms with Crippen LogP contribution in [0.25, 0.3) is 11.2 Å². The number of halogens is 4. The molecular weight excluding hydrogens is 478 g/mol. The minimum Gasteiger partial charge on any atom is -0.349 e. The number of hydrogen-bond acceptors (Lipinski definition) is 6. The zero-order valence-corrected chi connectivity index (χ0v) is 19.6. The van der Waals surface area contributed by atoms with Crippen LogP contribution in [0.15, 0.2) is 23.0 Å². The van der Waals surface area contributed by atoms with E-state index in [1.165, 1.54) is 0 Å². The summed E-state index contributed by atoms with van der Waals surface area (Å²) in [6.07, 6.45) is -5.29. The molecule has 1 aromatic carbocycles. The topological polar surface area (TPSA) is 83.0 Å². The molecule has 0 radical (unpaired) electrons. The first kappa shape index (κ1) is 18.8. The summed E-state index contributed by atoms with van der Waals surface area (Å²) in [4.78, 5) is 24.8. The molecule has 36 heavy (non-hydrogen) atoms. The third-order valence-corrected chi connectivity index (χ3v) is 6.55. The molecule has 0 amide bonds. The highest BCUT2D eigenvalue weighted by Crippen LogP contribution is 2.38. The number of aryl methyl sites for hydroxylation is 2. The minimum atomic E-state index is -4.78. The Morgan fingerprint density at radius 3 is 2.56 bits per heavy atom. The summed E-state index contributed by atoms with van der Waals surface area (Å²) in [6.45, 7) is -0.893. The largest absolute Gasteiger partial charge is 0.416 e. The molecule has 1 saturated heterocycles. The lowest BCUT2D eigenvalue weighted by molar-refractivity contribution is -0.139. The van der Waals surface area contributed by atoms with Crippen LogP contribution in [0.5, 0.6) is 0 Å². The van der Waals surface area contributed by atoms with E-state index >= 15 is 0 Å². The van der Waals surface area contributed by atoms with Crippen LogP contribution in [0.3, 0.4) is 0 Å². The molecule has 1 unspecified atom stereocenters. The molecule has 0 bridgehead atoms. The Hall–Kier alpha value is -3.46. The molecule has 1 aliphatic rings. The molecule has 3 heterocycles. The summed E-state index contributed by atoms with van der Waals surface area (Å²) in [5.74, 6) is -1.41. The number of rotatable bonds is 4. The smallest absolute Gasteiger partial charge is 0.349 e. The van der Waals surface area contributed by atoms with Gasteiger partial charge in [-0.2, -0.15) is 23.4 Å². The number of aromatic nitrogens is 4. The lowest BCUT2D eigenvalue weighted by Crippen LogP contribution is -2.57. The zero-order chi connectivity index (χ0) is 31.5. The maximum atomic E-state index is 13.7. The molecule has 4 rings (SSSR count). The fourth-order valence-corrected chi connectivity index (χ4v) is 4.79. The number of fused-ring (bicyclic) bond motifs is 1. The van der Waals surface area contributed by atoms with Crippen LogP contribution in [0.2, 0.25) is 0 Å². The number of hydrogen-bond donors (Lipinski definition) is 0. The van der Waals surface area contributed by atoms with Gasteiger partial charge in [0.1, 0.15) is 22.8 Å².